The summed E-state index contributed by atoms with van der Waals surface area (Å²) >= 11 is 5.79. The van der Waals surface area contributed by atoms with Crippen LogP contribution in [0.3, 0.4) is 0 Å². The third-order valence-corrected chi connectivity index (χ3v) is 4.40. The smallest absolute Gasteiger partial charge is 0.261 e. The van der Waals surface area contributed by atoms with Crippen LogP contribution in [0.1, 0.15) is 6.92 Å². The highest BCUT2D eigenvalue weighted by Gasteiger charge is 2.15. The predicted octanol–water partition coefficient (Wildman–Crippen LogP) is 3.12. The molecule has 2 aromatic rings. The Morgan fingerprint density at radius 3 is 2.67 bits per heavy atom. The molecule has 0 aliphatic heterocycles. The zero-order valence-corrected chi connectivity index (χ0v) is 12.9. The van der Waals surface area contributed by atoms with E-state index < -0.39 is 10.0 Å². The number of nitrogen functional groups attached to an aromatic ring is 1. The minimum Gasteiger partial charge on any atom is -0.494 e. The van der Waals surface area contributed by atoms with Crippen LogP contribution in [0.25, 0.3) is 0 Å². The van der Waals surface area contributed by atoms with Crippen molar-refractivity contribution in [3.05, 3.63) is 47.5 Å². The van der Waals surface area contributed by atoms with Gasteiger partial charge in [0.15, 0.2) is 0 Å². The molecule has 0 aromatic heterocycles. The van der Waals surface area contributed by atoms with Crippen LogP contribution >= 0.6 is 11.6 Å². The lowest BCUT2D eigenvalue weighted by Gasteiger charge is -2.10. The molecule has 21 heavy (non-hydrogen) atoms. The Labute approximate surface area is 128 Å². The van der Waals surface area contributed by atoms with Crippen molar-refractivity contribution in [1.82, 2.24) is 0 Å². The van der Waals surface area contributed by atoms with Crippen molar-refractivity contribution < 1.29 is 13.2 Å². The average molecular weight is 327 g/mol. The van der Waals surface area contributed by atoms with Gasteiger partial charge in [-0.25, -0.2) is 8.42 Å². The molecule has 0 fully saturated rings. The number of hydrogen-bond acceptors (Lipinski definition) is 4. The summed E-state index contributed by atoms with van der Waals surface area (Å²) in [7, 11) is -3.73. The minimum absolute atomic E-state index is 0.0474. The number of nitrogens with one attached hydrogen (secondary N) is 1. The number of halogens is 1. The Kier molecular flexibility index (Phi) is 4.59. The van der Waals surface area contributed by atoms with Crippen LogP contribution in [0.4, 0.5) is 11.4 Å². The van der Waals surface area contributed by atoms with Gasteiger partial charge in [0.25, 0.3) is 10.0 Å². The Morgan fingerprint density at radius 1 is 1.24 bits per heavy atom. The van der Waals surface area contributed by atoms with Crippen LogP contribution < -0.4 is 15.2 Å². The van der Waals surface area contributed by atoms with E-state index in [9.17, 15) is 8.42 Å². The first-order chi connectivity index (χ1) is 9.92. The highest BCUT2D eigenvalue weighted by Crippen LogP contribution is 2.25. The van der Waals surface area contributed by atoms with Crippen LogP contribution in [0.5, 0.6) is 5.75 Å². The molecule has 0 saturated heterocycles. The van der Waals surface area contributed by atoms with E-state index in [2.05, 4.69) is 4.72 Å². The molecule has 0 heterocycles. The van der Waals surface area contributed by atoms with Gasteiger partial charge < -0.3 is 10.5 Å². The van der Waals surface area contributed by atoms with Crippen molar-refractivity contribution in [2.24, 2.45) is 0 Å². The Bertz CT molecular complexity index is 748. The lowest BCUT2D eigenvalue weighted by Crippen LogP contribution is -2.13. The third-order valence-electron chi connectivity index (χ3n) is 2.68. The van der Waals surface area contributed by atoms with Gasteiger partial charge >= 0.3 is 0 Å². The summed E-state index contributed by atoms with van der Waals surface area (Å²) in [5.74, 6) is 0.591. The summed E-state index contributed by atoms with van der Waals surface area (Å²) in [6.45, 7) is 2.36. The minimum atomic E-state index is -3.73. The lowest BCUT2D eigenvalue weighted by molar-refractivity contribution is 0.340. The molecule has 2 rings (SSSR count). The molecule has 0 aliphatic carbocycles. The van der Waals surface area contributed by atoms with Crippen LogP contribution in [-0.4, -0.2) is 15.0 Å². The number of nitrogens with two attached hydrogens (primary N) is 1. The highest BCUT2D eigenvalue weighted by atomic mass is 35.5. The number of sulfonamides is 1. The number of hydrogen-bond donors (Lipinski definition) is 2. The van der Waals surface area contributed by atoms with Crippen molar-refractivity contribution in [2.45, 2.75) is 11.8 Å². The zero-order chi connectivity index (χ0) is 15.5. The summed E-state index contributed by atoms with van der Waals surface area (Å²) in [4.78, 5) is 0.0474. The van der Waals surface area contributed by atoms with Crippen molar-refractivity contribution in [1.29, 1.82) is 0 Å². The second-order valence-corrected chi connectivity index (χ2v) is 6.34. The van der Waals surface area contributed by atoms with E-state index in [0.717, 1.165) is 0 Å². The van der Waals surface area contributed by atoms with E-state index in [4.69, 9.17) is 22.1 Å². The van der Waals surface area contributed by atoms with Gasteiger partial charge in [-0.05, 0) is 37.3 Å². The second kappa shape index (κ2) is 6.24. The molecule has 2 aromatic carbocycles. The number of ether oxygens (including phenoxy) is 1. The zero-order valence-electron chi connectivity index (χ0n) is 11.3. The summed E-state index contributed by atoms with van der Waals surface area (Å²) in [6, 6.07) is 10.9. The van der Waals surface area contributed by atoms with E-state index in [1.165, 1.54) is 18.2 Å². The molecule has 7 heteroatoms. The fraction of sp³-hybridized carbons (Fsp3) is 0.143. The first-order valence-corrected chi connectivity index (χ1v) is 8.09. The molecule has 0 spiro atoms. The fourth-order valence-corrected chi connectivity index (χ4v) is 2.92. The van der Waals surface area contributed by atoms with Gasteiger partial charge in [-0.1, -0.05) is 17.7 Å². The predicted molar refractivity (Wildman–Crippen MR) is 84.3 cm³/mol. The number of rotatable bonds is 5. The van der Waals surface area contributed by atoms with Crippen molar-refractivity contribution in [3.63, 3.8) is 0 Å². The SMILES string of the molecule is CCOc1cccc(NS(=O)(=O)c2ccc(Cl)c(N)c2)c1. The molecule has 0 saturated carbocycles. The largest absolute Gasteiger partial charge is 0.494 e. The first-order valence-electron chi connectivity index (χ1n) is 6.23. The molecule has 0 atom stereocenters. The summed E-state index contributed by atoms with van der Waals surface area (Å²) in [6.07, 6.45) is 0. The van der Waals surface area contributed by atoms with Gasteiger partial charge in [0.1, 0.15) is 5.75 Å². The molecule has 5 nitrogen and oxygen atoms in total. The molecule has 0 amide bonds. The van der Waals surface area contributed by atoms with E-state index in [0.29, 0.717) is 23.1 Å². The molecule has 0 bridgehead atoms. The van der Waals surface area contributed by atoms with Gasteiger partial charge in [0.2, 0.25) is 0 Å². The summed E-state index contributed by atoms with van der Waals surface area (Å²) in [5, 5.41) is 0.312. The van der Waals surface area contributed by atoms with Crippen molar-refractivity contribution in [2.75, 3.05) is 17.1 Å². The van der Waals surface area contributed by atoms with Crippen molar-refractivity contribution >= 4 is 33.0 Å². The molecule has 0 aliphatic rings. The standard InChI is InChI=1S/C14H15ClN2O3S/c1-2-20-11-5-3-4-10(8-11)17-21(18,19)12-6-7-13(15)14(16)9-12/h3-9,17H,2,16H2,1H3. The van der Waals surface area contributed by atoms with Gasteiger partial charge in [-0.3, -0.25) is 4.72 Å². The van der Waals surface area contributed by atoms with Crippen LogP contribution in [0, 0.1) is 0 Å². The van der Waals surface area contributed by atoms with E-state index >= 15 is 0 Å². The number of benzene rings is 2. The first kappa shape index (κ1) is 15.5. The molecule has 0 radical (unpaired) electrons. The maximum absolute atomic E-state index is 12.3. The Balaban J connectivity index is 2.28. The maximum Gasteiger partial charge on any atom is 0.261 e. The van der Waals surface area contributed by atoms with E-state index in [1.54, 1.807) is 24.3 Å². The molecular weight excluding hydrogens is 312 g/mol. The maximum atomic E-state index is 12.3. The van der Waals surface area contributed by atoms with Crippen molar-refractivity contribution in [3.8, 4) is 5.75 Å². The Hall–Kier alpha value is -1.92. The molecule has 112 valence electrons. The van der Waals surface area contributed by atoms with Gasteiger partial charge in [-0.15, -0.1) is 0 Å². The number of anilines is 2. The molecule has 0 unspecified atom stereocenters. The quantitative estimate of drug-likeness (QED) is 0.827. The summed E-state index contributed by atoms with van der Waals surface area (Å²) in [5.41, 5.74) is 6.25. The fourth-order valence-electron chi connectivity index (χ4n) is 1.72. The third kappa shape index (κ3) is 3.80. The van der Waals surface area contributed by atoms with Gasteiger partial charge in [0.05, 0.1) is 27.9 Å². The molecular formula is C14H15ClN2O3S. The van der Waals surface area contributed by atoms with Crippen LogP contribution in [0.15, 0.2) is 47.4 Å². The van der Waals surface area contributed by atoms with Crippen LogP contribution in [-0.2, 0) is 10.0 Å². The lowest BCUT2D eigenvalue weighted by atomic mass is 10.3. The summed E-state index contributed by atoms with van der Waals surface area (Å²) < 4.78 is 32.4. The van der Waals surface area contributed by atoms with Crippen LogP contribution in [0.2, 0.25) is 5.02 Å². The monoisotopic (exact) mass is 326 g/mol. The highest BCUT2D eigenvalue weighted by molar-refractivity contribution is 7.92. The van der Waals surface area contributed by atoms with E-state index in [-0.39, 0.29) is 10.6 Å². The van der Waals surface area contributed by atoms with Gasteiger partial charge in [-0.2, -0.15) is 0 Å². The topological polar surface area (TPSA) is 81.4 Å². The normalized spacial score (nSPS) is 11.1. The molecule has 3 N–H and O–H groups in total. The van der Waals surface area contributed by atoms with Gasteiger partial charge in [0, 0.05) is 6.07 Å². The van der Waals surface area contributed by atoms with E-state index in [1.807, 2.05) is 6.92 Å². The second-order valence-electron chi connectivity index (χ2n) is 4.25. The Morgan fingerprint density at radius 2 is 2.00 bits per heavy atom. The average Bonchev–Trinajstić information content (AvgIpc) is 2.42.